The Morgan fingerprint density at radius 2 is 1.77 bits per heavy atom. The largest absolute Gasteiger partial charge is 0.378 e. The van der Waals surface area contributed by atoms with Crippen molar-refractivity contribution in [3.05, 3.63) is 54.2 Å². The van der Waals surface area contributed by atoms with Gasteiger partial charge >= 0.3 is 0 Å². The van der Waals surface area contributed by atoms with Gasteiger partial charge in [-0.1, -0.05) is 36.4 Å². The molecule has 3 rings (SSSR count). The maximum absolute atomic E-state index is 12.7. The third-order valence-corrected chi connectivity index (χ3v) is 3.84. The predicted octanol–water partition coefficient (Wildman–Crippen LogP) is 1.28. The fourth-order valence-electron chi connectivity index (χ4n) is 2.80. The Labute approximate surface area is 129 Å². The maximum Gasteiger partial charge on any atom is 0.278 e. The van der Waals surface area contributed by atoms with E-state index in [2.05, 4.69) is 6.58 Å². The number of ether oxygens (including phenoxy) is 1. The van der Waals surface area contributed by atoms with E-state index in [1.807, 2.05) is 35.2 Å². The lowest BCUT2D eigenvalue weighted by Crippen LogP contribution is -2.40. The molecule has 1 aromatic carbocycles. The lowest BCUT2D eigenvalue weighted by Gasteiger charge is -2.29. The van der Waals surface area contributed by atoms with Crippen molar-refractivity contribution in [3.8, 4) is 0 Å². The minimum absolute atomic E-state index is 0.224. The predicted molar refractivity (Wildman–Crippen MR) is 82.7 cm³/mol. The maximum atomic E-state index is 12.7. The van der Waals surface area contributed by atoms with Gasteiger partial charge in [-0.15, -0.1) is 6.58 Å². The van der Waals surface area contributed by atoms with E-state index in [-0.39, 0.29) is 18.4 Å². The highest BCUT2D eigenvalue weighted by Crippen LogP contribution is 2.31. The number of carbonyl (C=O) groups excluding carboxylic acids is 2. The molecule has 0 bridgehead atoms. The summed E-state index contributed by atoms with van der Waals surface area (Å²) in [6.07, 6.45) is 1.57. The summed E-state index contributed by atoms with van der Waals surface area (Å²) < 4.78 is 5.35. The van der Waals surface area contributed by atoms with Gasteiger partial charge in [-0.2, -0.15) is 0 Å². The number of morpholine rings is 1. The van der Waals surface area contributed by atoms with Crippen molar-refractivity contribution in [3.63, 3.8) is 0 Å². The zero-order chi connectivity index (χ0) is 15.5. The van der Waals surface area contributed by atoms with Crippen LogP contribution in [0.3, 0.4) is 0 Å². The Kier molecular flexibility index (Phi) is 4.06. The van der Waals surface area contributed by atoms with Gasteiger partial charge in [0, 0.05) is 19.6 Å². The molecule has 0 unspecified atom stereocenters. The minimum Gasteiger partial charge on any atom is -0.378 e. The molecule has 0 radical (unpaired) electrons. The van der Waals surface area contributed by atoms with Crippen molar-refractivity contribution < 1.29 is 14.3 Å². The standard InChI is InChI=1S/C17H18N2O3/c1-2-8-19-16(20)14(13-6-4-3-5-7-13)15(17(19)21)18-9-11-22-12-10-18/h2-7H,1,8-12H2. The van der Waals surface area contributed by atoms with Gasteiger partial charge < -0.3 is 9.64 Å². The van der Waals surface area contributed by atoms with Crippen LogP contribution in [0.1, 0.15) is 5.56 Å². The molecule has 0 aliphatic carbocycles. The molecular weight excluding hydrogens is 280 g/mol. The Morgan fingerprint density at radius 1 is 1.09 bits per heavy atom. The fraction of sp³-hybridized carbons (Fsp3) is 0.294. The first kappa shape index (κ1) is 14.5. The summed E-state index contributed by atoms with van der Waals surface area (Å²) in [7, 11) is 0. The normalized spacial score (nSPS) is 19.1. The van der Waals surface area contributed by atoms with Crippen LogP contribution < -0.4 is 0 Å². The number of benzene rings is 1. The van der Waals surface area contributed by atoms with Crippen molar-refractivity contribution in [1.29, 1.82) is 0 Å². The summed E-state index contributed by atoms with van der Waals surface area (Å²) in [6.45, 7) is 6.22. The molecule has 0 aromatic heterocycles. The number of rotatable bonds is 4. The third kappa shape index (κ3) is 2.44. The summed E-state index contributed by atoms with van der Waals surface area (Å²) in [4.78, 5) is 28.6. The Bertz CT molecular complexity index is 631. The van der Waals surface area contributed by atoms with E-state index >= 15 is 0 Å². The van der Waals surface area contributed by atoms with Crippen LogP contribution in [0.2, 0.25) is 0 Å². The van der Waals surface area contributed by atoms with Crippen LogP contribution in [0.4, 0.5) is 0 Å². The number of nitrogens with zero attached hydrogens (tertiary/aromatic N) is 2. The van der Waals surface area contributed by atoms with Gasteiger partial charge in [-0.25, -0.2) is 0 Å². The zero-order valence-electron chi connectivity index (χ0n) is 12.3. The average molecular weight is 298 g/mol. The van der Waals surface area contributed by atoms with E-state index in [1.165, 1.54) is 4.90 Å². The van der Waals surface area contributed by atoms with E-state index < -0.39 is 0 Å². The van der Waals surface area contributed by atoms with Crippen LogP contribution in [-0.4, -0.2) is 54.5 Å². The lowest BCUT2D eigenvalue weighted by molar-refractivity contribution is -0.137. The number of hydrogen-bond acceptors (Lipinski definition) is 4. The second kappa shape index (κ2) is 6.15. The highest BCUT2D eigenvalue weighted by Gasteiger charge is 2.41. The SMILES string of the molecule is C=CCN1C(=O)C(c2ccccc2)=C(N2CCOCC2)C1=O. The van der Waals surface area contributed by atoms with E-state index in [1.54, 1.807) is 6.08 Å². The van der Waals surface area contributed by atoms with Gasteiger partial charge in [0.15, 0.2) is 0 Å². The van der Waals surface area contributed by atoms with Crippen molar-refractivity contribution in [1.82, 2.24) is 9.80 Å². The third-order valence-electron chi connectivity index (χ3n) is 3.84. The molecule has 2 heterocycles. The number of hydrogen-bond donors (Lipinski definition) is 0. The smallest absolute Gasteiger partial charge is 0.278 e. The highest BCUT2D eigenvalue weighted by molar-refractivity contribution is 6.35. The minimum atomic E-state index is -0.252. The first-order chi connectivity index (χ1) is 10.7. The number of imide groups is 1. The first-order valence-electron chi connectivity index (χ1n) is 7.33. The second-order valence-electron chi connectivity index (χ2n) is 5.20. The summed E-state index contributed by atoms with van der Waals surface area (Å²) >= 11 is 0. The molecule has 0 saturated carbocycles. The van der Waals surface area contributed by atoms with Crippen LogP contribution in [-0.2, 0) is 14.3 Å². The molecule has 1 fully saturated rings. The molecule has 114 valence electrons. The van der Waals surface area contributed by atoms with Gasteiger partial charge in [0.1, 0.15) is 5.70 Å². The summed E-state index contributed by atoms with van der Waals surface area (Å²) in [6, 6.07) is 9.35. The van der Waals surface area contributed by atoms with Gasteiger partial charge in [-0.05, 0) is 5.56 Å². The van der Waals surface area contributed by atoms with Crippen molar-refractivity contribution in [2.24, 2.45) is 0 Å². The topological polar surface area (TPSA) is 49.9 Å². The molecule has 2 aliphatic rings. The number of amides is 2. The number of carbonyl (C=O) groups is 2. The van der Waals surface area contributed by atoms with Crippen LogP contribution in [0, 0.1) is 0 Å². The van der Waals surface area contributed by atoms with Crippen molar-refractivity contribution >= 4 is 17.4 Å². The van der Waals surface area contributed by atoms with Crippen molar-refractivity contribution in [2.75, 3.05) is 32.8 Å². The molecule has 0 atom stereocenters. The van der Waals surface area contributed by atoms with Crippen LogP contribution in [0.25, 0.3) is 5.57 Å². The Morgan fingerprint density at radius 3 is 2.41 bits per heavy atom. The second-order valence-corrected chi connectivity index (χ2v) is 5.20. The van der Waals surface area contributed by atoms with Gasteiger partial charge in [-0.3, -0.25) is 14.5 Å². The molecular formula is C17H18N2O3. The van der Waals surface area contributed by atoms with Crippen molar-refractivity contribution in [2.45, 2.75) is 0 Å². The molecule has 2 amide bonds. The highest BCUT2D eigenvalue weighted by atomic mass is 16.5. The molecule has 5 nitrogen and oxygen atoms in total. The lowest BCUT2D eigenvalue weighted by atomic mass is 10.0. The fourth-order valence-corrected chi connectivity index (χ4v) is 2.80. The molecule has 22 heavy (non-hydrogen) atoms. The van der Waals surface area contributed by atoms with E-state index in [0.29, 0.717) is 37.6 Å². The molecule has 0 N–H and O–H groups in total. The van der Waals surface area contributed by atoms with E-state index in [4.69, 9.17) is 4.74 Å². The van der Waals surface area contributed by atoms with Crippen LogP contribution in [0.15, 0.2) is 48.7 Å². The van der Waals surface area contributed by atoms with Gasteiger partial charge in [0.05, 0.1) is 18.8 Å². The Balaban J connectivity index is 2.07. The average Bonchev–Trinajstić information content (AvgIpc) is 2.81. The molecule has 1 saturated heterocycles. The van der Waals surface area contributed by atoms with Crippen LogP contribution in [0.5, 0.6) is 0 Å². The Hall–Kier alpha value is -2.40. The summed E-state index contributed by atoms with van der Waals surface area (Å²) in [5, 5.41) is 0. The van der Waals surface area contributed by atoms with E-state index in [9.17, 15) is 9.59 Å². The molecule has 5 heteroatoms. The summed E-state index contributed by atoms with van der Waals surface area (Å²) in [5.41, 5.74) is 1.74. The van der Waals surface area contributed by atoms with Gasteiger partial charge in [0.2, 0.25) is 0 Å². The van der Waals surface area contributed by atoms with Crippen LogP contribution >= 0.6 is 0 Å². The molecule has 1 aromatic rings. The van der Waals surface area contributed by atoms with E-state index in [0.717, 1.165) is 5.56 Å². The zero-order valence-corrected chi connectivity index (χ0v) is 12.3. The molecule has 2 aliphatic heterocycles. The quantitative estimate of drug-likeness (QED) is 0.621. The first-order valence-corrected chi connectivity index (χ1v) is 7.33. The monoisotopic (exact) mass is 298 g/mol. The summed E-state index contributed by atoms with van der Waals surface area (Å²) in [5.74, 6) is -0.497. The van der Waals surface area contributed by atoms with Gasteiger partial charge in [0.25, 0.3) is 11.8 Å². The molecule has 0 spiro atoms.